The van der Waals surface area contributed by atoms with E-state index in [1.807, 2.05) is 21.1 Å². The van der Waals surface area contributed by atoms with E-state index in [1.165, 1.54) is 308 Å². The van der Waals surface area contributed by atoms with Crippen LogP contribution in [0.1, 0.15) is 386 Å². The Hall–Kier alpha value is -2.03. The van der Waals surface area contributed by atoms with Crippen molar-refractivity contribution in [3.63, 3.8) is 0 Å². The van der Waals surface area contributed by atoms with Gasteiger partial charge in [0.05, 0.1) is 27.7 Å². The number of phosphoric acid groups is 1. The number of phosphoric ester groups is 1. The van der Waals surface area contributed by atoms with Crippen molar-refractivity contribution in [3.8, 4) is 0 Å². The lowest BCUT2D eigenvalue weighted by Gasteiger charge is -2.24. The third-order valence-corrected chi connectivity index (χ3v) is 18.3. The first-order valence-electron chi connectivity index (χ1n) is 38.4. The molecule has 10 heteroatoms. The molecule has 2 atom stereocenters. The van der Waals surface area contributed by atoms with E-state index in [0.29, 0.717) is 23.9 Å². The standard InChI is InChI=1S/C78H148NO8P/c1-6-8-10-12-14-16-18-20-22-24-26-28-30-32-33-34-35-36-37-38-39-40-41-42-43-44-45-47-49-51-53-55-57-59-61-63-65-67-69-71-78(81)87-76(75-86-88(82,83)85-73-72-79(3,4)5)74-84-77(80)70-68-66-64-62-60-58-56-54-52-50-48-46-31-29-27-25-23-21-19-17-15-13-11-9-7-2/h18,20,24-27,30,32,76H,6-17,19,21-23,28-29,31,33-75H2,1-5H3/p+1/b20-18-,26-24-,27-25-,32-30-. The van der Waals surface area contributed by atoms with Crippen LogP contribution in [0.2, 0.25) is 0 Å². The number of likely N-dealkylation sites (N-methyl/N-ethyl adjacent to an activating group) is 1. The van der Waals surface area contributed by atoms with Crippen LogP contribution in [0.15, 0.2) is 48.6 Å². The lowest BCUT2D eigenvalue weighted by molar-refractivity contribution is -0.870. The molecule has 0 aliphatic carbocycles. The zero-order valence-electron chi connectivity index (χ0n) is 59.2. The fourth-order valence-corrected chi connectivity index (χ4v) is 12.2. The molecule has 0 amide bonds. The predicted molar refractivity (Wildman–Crippen MR) is 381 cm³/mol. The highest BCUT2D eigenvalue weighted by molar-refractivity contribution is 7.47. The summed E-state index contributed by atoms with van der Waals surface area (Å²) in [5.74, 6) is -0.776. The number of unbranched alkanes of at least 4 members (excludes halogenated alkanes) is 50. The molecule has 1 N–H and O–H groups in total. The minimum absolute atomic E-state index is 0.0342. The number of carbonyl (C=O) groups excluding carboxylic acids is 2. The summed E-state index contributed by atoms with van der Waals surface area (Å²) in [7, 11) is 1.50. The molecule has 9 nitrogen and oxygen atoms in total. The summed E-state index contributed by atoms with van der Waals surface area (Å²) in [5, 5.41) is 0. The highest BCUT2D eigenvalue weighted by atomic mass is 31.2. The summed E-state index contributed by atoms with van der Waals surface area (Å²) < 4.78 is 34.8. The number of allylic oxidation sites excluding steroid dienone is 8. The molecule has 0 fully saturated rings. The number of hydrogen-bond acceptors (Lipinski definition) is 7. The second kappa shape index (κ2) is 69.3. The number of nitrogens with zero attached hydrogens (tertiary/aromatic N) is 1. The molecule has 0 aliphatic rings. The maximum absolute atomic E-state index is 12.9. The second-order valence-electron chi connectivity index (χ2n) is 27.4. The van der Waals surface area contributed by atoms with Crippen LogP contribution >= 0.6 is 7.82 Å². The third kappa shape index (κ3) is 73.0. The number of ether oxygens (including phenoxy) is 2. The lowest BCUT2D eigenvalue weighted by atomic mass is 10.0. The molecule has 0 saturated carbocycles. The zero-order valence-corrected chi connectivity index (χ0v) is 60.1. The SMILES string of the molecule is CCCCCCC/C=C\C/C=C\C/C=C\CCCCCCCCCCCCCCCCCCCCCCCCCCC(=O)OC(COC(=O)CCCCCCCCCCCCCCC/C=C\CCCCCCCCCC)COP(=O)(O)OCC[N+](C)(C)C. The van der Waals surface area contributed by atoms with Crippen LogP contribution < -0.4 is 0 Å². The smallest absolute Gasteiger partial charge is 0.462 e. The van der Waals surface area contributed by atoms with Crippen LogP contribution in [-0.2, 0) is 32.7 Å². The van der Waals surface area contributed by atoms with Crippen molar-refractivity contribution in [2.45, 2.75) is 392 Å². The van der Waals surface area contributed by atoms with E-state index < -0.39 is 26.5 Å². The lowest BCUT2D eigenvalue weighted by Crippen LogP contribution is -2.37. The van der Waals surface area contributed by atoms with Gasteiger partial charge in [-0.1, -0.05) is 345 Å². The maximum Gasteiger partial charge on any atom is 0.472 e. The first kappa shape index (κ1) is 86.0. The molecular weight excluding hydrogens is 1110 g/mol. The van der Waals surface area contributed by atoms with Crippen LogP contribution in [-0.4, -0.2) is 74.9 Å². The highest BCUT2D eigenvalue weighted by Crippen LogP contribution is 2.43. The molecule has 0 spiro atoms. The molecule has 2 unspecified atom stereocenters. The molecule has 0 rings (SSSR count). The van der Waals surface area contributed by atoms with Gasteiger partial charge in [0.15, 0.2) is 6.10 Å². The highest BCUT2D eigenvalue weighted by Gasteiger charge is 2.27. The molecule has 0 aromatic rings. The second-order valence-corrected chi connectivity index (χ2v) is 28.8. The zero-order chi connectivity index (χ0) is 64.1. The van der Waals surface area contributed by atoms with Gasteiger partial charge in [-0.3, -0.25) is 18.6 Å². The van der Waals surface area contributed by atoms with Crippen LogP contribution in [0.4, 0.5) is 0 Å². The predicted octanol–water partition coefficient (Wildman–Crippen LogP) is 25.2. The normalized spacial score (nSPS) is 13.3. The summed E-state index contributed by atoms with van der Waals surface area (Å²) in [4.78, 5) is 35.9. The molecular formula is C78H149NO8P+. The van der Waals surface area contributed by atoms with Gasteiger partial charge < -0.3 is 18.9 Å². The minimum Gasteiger partial charge on any atom is -0.462 e. The van der Waals surface area contributed by atoms with E-state index in [9.17, 15) is 19.0 Å². The first-order valence-corrected chi connectivity index (χ1v) is 39.9. The summed E-state index contributed by atoms with van der Waals surface area (Å²) in [6, 6.07) is 0. The Kier molecular flexibility index (Phi) is 67.7. The van der Waals surface area contributed by atoms with Crippen molar-refractivity contribution in [1.29, 1.82) is 0 Å². The number of rotatable bonds is 72. The number of carbonyl (C=O) groups is 2. The van der Waals surface area contributed by atoms with Gasteiger partial charge in [0.25, 0.3) is 0 Å². The quantitative estimate of drug-likeness (QED) is 0.0211. The number of hydrogen-bond donors (Lipinski definition) is 1. The van der Waals surface area contributed by atoms with E-state index in [2.05, 4.69) is 62.5 Å². The molecule has 0 aromatic heterocycles. The number of esters is 2. The molecule has 0 bridgehead atoms. The Morgan fingerprint density at radius 2 is 0.614 bits per heavy atom. The average molecular weight is 1260 g/mol. The van der Waals surface area contributed by atoms with Gasteiger partial charge in [-0.2, -0.15) is 0 Å². The van der Waals surface area contributed by atoms with E-state index in [4.69, 9.17) is 18.5 Å². The van der Waals surface area contributed by atoms with Gasteiger partial charge in [0.2, 0.25) is 0 Å². The van der Waals surface area contributed by atoms with E-state index in [0.717, 1.165) is 44.9 Å². The van der Waals surface area contributed by atoms with Gasteiger partial charge in [0, 0.05) is 12.8 Å². The topological polar surface area (TPSA) is 108 Å². The summed E-state index contributed by atoms with van der Waals surface area (Å²) in [5.41, 5.74) is 0. The maximum atomic E-state index is 12.9. The van der Waals surface area contributed by atoms with Gasteiger partial charge in [0.1, 0.15) is 19.8 Å². The van der Waals surface area contributed by atoms with Crippen LogP contribution in [0.3, 0.4) is 0 Å². The van der Waals surface area contributed by atoms with Crippen molar-refractivity contribution < 1.29 is 42.1 Å². The van der Waals surface area contributed by atoms with Gasteiger partial charge in [-0.25, -0.2) is 4.57 Å². The van der Waals surface area contributed by atoms with Gasteiger partial charge >= 0.3 is 19.8 Å². The van der Waals surface area contributed by atoms with Crippen molar-refractivity contribution >= 4 is 19.8 Å². The molecule has 518 valence electrons. The Labute approximate surface area is 547 Å². The fourth-order valence-electron chi connectivity index (χ4n) is 11.4. The molecule has 88 heavy (non-hydrogen) atoms. The summed E-state index contributed by atoms with van der Waals surface area (Å²) >= 11 is 0. The fraction of sp³-hybridized carbons (Fsp3) is 0.872. The molecule has 0 aromatic carbocycles. The molecule has 0 saturated heterocycles. The first-order chi connectivity index (χ1) is 43.0. The van der Waals surface area contributed by atoms with Gasteiger partial charge in [-0.05, 0) is 77.0 Å². The monoisotopic (exact) mass is 1260 g/mol. The Balaban J connectivity index is 3.92. The Morgan fingerprint density at radius 1 is 0.352 bits per heavy atom. The molecule has 0 aliphatic heterocycles. The summed E-state index contributed by atoms with van der Waals surface area (Å²) in [6.07, 6.45) is 91.0. The molecule has 0 radical (unpaired) electrons. The van der Waals surface area contributed by atoms with E-state index >= 15 is 0 Å². The minimum atomic E-state index is -4.39. The van der Waals surface area contributed by atoms with Crippen LogP contribution in [0.25, 0.3) is 0 Å². The van der Waals surface area contributed by atoms with Crippen molar-refractivity contribution in [2.24, 2.45) is 0 Å². The van der Waals surface area contributed by atoms with Gasteiger partial charge in [-0.15, -0.1) is 0 Å². The van der Waals surface area contributed by atoms with Crippen molar-refractivity contribution in [1.82, 2.24) is 0 Å². The van der Waals surface area contributed by atoms with Crippen LogP contribution in [0.5, 0.6) is 0 Å². The number of quaternary nitrogens is 1. The van der Waals surface area contributed by atoms with Crippen LogP contribution in [0, 0.1) is 0 Å². The molecule has 0 heterocycles. The van der Waals surface area contributed by atoms with Crippen molar-refractivity contribution in [3.05, 3.63) is 48.6 Å². The third-order valence-electron chi connectivity index (χ3n) is 17.3. The Bertz CT molecular complexity index is 1620. The van der Waals surface area contributed by atoms with E-state index in [-0.39, 0.29) is 25.6 Å². The Morgan fingerprint density at radius 3 is 0.920 bits per heavy atom. The average Bonchev–Trinajstić information content (AvgIpc) is 3.68. The summed E-state index contributed by atoms with van der Waals surface area (Å²) in [6.45, 7) is 4.49. The largest absolute Gasteiger partial charge is 0.472 e. The van der Waals surface area contributed by atoms with Crippen molar-refractivity contribution in [2.75, 3.05) is 47.5 Å². The van der Waals surface area contributed by atoms with E-state index in [1.54, 1.807) is 0 Å².